The van der Waals surface area contributed by atoms with Crippen molar-refractivity contribution in [3.63, 3.8) is 0 Å². The van der Waals surface area contributed by atoms with Gasteiger partial charge >= 0.3 is 5.97 Å². The van der Waals surface area contributed by atoms with Crippen molar-refractivity contribution in [2.75, 3.05) is 11.7 Å². The summed E-state index contributed by atoms with van der Waals surface area (Å²) in [5.41, 5.74) is 3.34. The summed E-state index contributed by atoms with van der Waals surface area (Å²) < 4.78 is 15.9. The smallest absolute Gasteiger partial charge is 0.308 e. The lowest BCUT2D eigenvalue weighted by Gasteiger charge is -2.26. The number of hydrogen-bond donors (Lipinski definition) is 1. The molecule has 1 fully saturated rings. The highest BCUT2D eigenvalue weighted by Crippen LogP contribution is 2.44. The van der Waals surface area contributed by atoms with E-state index in [1.807, 2.05) is 26.0 Å². The Kier molecular flexibility index (Phi) is 5.72. The Balaban J connectivity index is 1.67. The molecule has 1 N–H and O–H groups in total. The van der Waals surface area contributed by atoms with E-state index < -0.39 is 23.7 Å². The predicted octanol–water partition coefficient (Wildman–Crippen LogP) is 4.58. The summed E-state index contributed by atoms with van der Waals surface area (Å²) in [7, 11) is 0. The number of aryl methyl sites for hydroxylation is 2. The molecule has 1 saturated heterocycles. The molecule has 2 heterocycles. The third kappa shape index (κ3) is 3.96. The SMILES string of the molecule is CC(=O)Oc1ccc(C2/C(=C(/O)c3ccc4c(c3)OCO4)C(=O)C(=O)N2c2ccc(C)c(C)c2)cc1. The van der Waals surface area contributed by atoms with Crippen LogP contribution in [0.3, 0.4) is 0 Å². The maximum Gasteiger partial charge on any atom is 0.308 e. The summed E-state index contributed by atoms with van der Waals surface area (Å²) in [5.74, 6) is -1.07. The summed E-state index contributed by atoms with van der Waals surface area (Å²) >= 11 is 0. The summed E-state index contributed by atoms with van der Waals surface area (Å²) in [5, 5.41) is 11.3. The Morgan fingerprint density at radius 1 is 0.944 bits per heavy atom. The highest BCUT2D eigenvalue weighted by Gasteiger charge is 2.47. The van der Waals surface area contributed by atoms with Crippen molar-refractivity contribution in [2.24, 2.45) is 0 Å². The Morgan fingerprint density at radius 2 is 1.67 bits per heavy atom. The number of hydrogen-bond acceptors (Lipinski definition) is 7. The number of aliphatic hydroxyl groups is 1. The first-order valence-electron chi connectivity index (χ1n) is 11.3. The summed E-state index contributed by atoms with van der Waals surface area (Å²) in [6.45, 7) is 5.24. The van der Waals surface area contributed by atoms with Gasteiger partial charge in [0.2, 0.25) is 6.79 Å². The van der Waals surface area contributed by atoms with Gasteiger partial charge < -0.3 is 19.3 Å². The van der Waals surface area contributed by atoms with Gasteiger partial charge in [-0.25, -0.2) is 0 Å². The number of aliphatic hydroxyl groups excluding tert-OH is 1. The third-order valence-corrected chi connectivity index (χ3v) is 6.32. The number of ether oxygens (including phenoxy) is 3. The minimum absolute atomic E-state index is 0.0580. The number of carbonyl (C=O) groups is 3. The van der Waals surface area contributed by atoms with Gasteiger partial charge in [-0.15, -0.1) is 0 Å². The normalized spacial score (nSPS) is 18.0. The van der Waals surface area contributed by atoms with Crippen LogP contribution in [0.15, 0.2) is 66.2 Å². The molecule has 8 heteroatoms. The van der Waals surface area contributed by atoms with E-state index in [2.05, 4.69) is 0 Å². The van der Waals surface area contributed by atoms with Gasteiger partial charge in [0.15, 0.2) is 11.5 Å². The van der Waals surface area contributed by atoms with Gasteiger partial charge in [-0.1, -0.05) is 18.2 Å². The molecule has 1 unspecified atom stereocenters. The van der Waals surface area contributed by atoms with Gasteiger partial charge in [0.1, 0.15) is 11.5 Å². The Morgan fingerprint density at radius 3 is 2.36 bits per heavy atom. The van der Waals surface area contributed by atoms with Crippen molar-refractivity contribution in [1.29, 1.82) is 0 Å². The van der Waals surface area contributed by atoms with E-state index in [1.54, 1.807) is 48.5 Å². The maximum absolute atomic E-state index is 13.4. The number of anilines is 1. The maximum atomic E-state index is 13.4. The van der Waals surface area contributed by atoms with E-state index in [0.717, 1.165) is 11.1 Å². The number of carbonyl (C=O) groups excluding carboxylic acids is 3. The number of esters is 1. The molecule has 0 aromatic heterocycles. The first-order chi connectivity index (χ1) is 17.2. The molecule has 1 amide bonds. The fourth-order valence-electron chi connectivity index (χ4n) is 4.37. The lowest BCUT2D eigenvalue weighted by Crippen LogP contribution is -2.29. The zero-order valence-corrected chi connectivity index (χ0v) is 19.9. The monoisotopic (exact) mass is 485 g/mol. The molecule has 0 bridgehead atoms. The fourth-order valence-corrected chi connectivity index (χ4v) is 4.37. The second-order valence-corrected chi connectivity index (χ2v) is 8.67. The van der Waals surface area contributed by atoms with Gasteiger partial charge in [0.05, 0.1) is 11.6 Å². The molecule has 2 aliphatic heterocycles. The molecule has 0 saturated carbocycles. The van der Waals surface area contributed by atoms with Crippen molar-refractivity contribution < 1.29 is 33.7 Å². The number of fused-ring (bicyclic) bond motifs is 1. The standard InChI is InChI=1S/C28H23NO7/c1-15-4-8-20(12-16(15)2)29-25(18-5-9-21(10-6-18)36-17(3)30)24(27(32)28(29)33)26(31)19-7-11-22-23(13-19)35-14-34-22/h4-13,25,31H,14H2,1-3H3/b26-24-. The van der Waals surface area contributed by atoms with Gasteiger partial charge in [-0.05, 0) is 73.0 Å². The van der Waals surface area contributed by atoms with E-state index >= 15 is 0 Å². The molecule has 0 spiro atoms. The highest BCUT2D eigenvalue weighted by molar-refractivity contribution is 6.51. The number of rotatable bonds is 4. The van der Waals surface area contributed by atoms with E-state index in [4.69, 9.17) is 14.2 Å². The van der Waals surface area contributed by atoms with Crippen LogP contribution in [-0.2, 0) is 14.4 Å². The van der Waals surface area contributed by atoms with E-state index in [0.29, 0.717) is 34.1 Å². The first kappa shape index (κ1) is 23.2. The lowest BCUT2D eigenvalue weighted by atomic mass is 9.94. The zero-order chi connectivity index (χ0) is 25.6. The fraction of sp³-hybridized carbons (Fsp3) is 0.179. The molecule has 3 aromatic carbocycles. The average Bonchev–Trinajstić information content (AvgIpc) is 3.43. The molecular weight excluding hydrogens is 462 g/mol. The van der Waals surface area contributed by atoms with Crippen LogP contribution >= 0.6 is 0 Å². The van der Waals surface area contributed by atoms with Crippen LogP contribution in [0.4, 0.5) is 5.69 Å². The van der Waals surface area contributed by atoms with Crippen molar-refractivity contribution in [3.05, 3.63) is 88.5 Å². The average molecular weight is 485 g/mol. The third-order valence-electron chi connectivity index (χ3n) is 6.32. The summed E-state index contributed by atoms with van der Waals surface area (Å²) in [6.07, 6.45) is 0. The van der Waals surface area contributed by atoms with Crippen LogP contribution < -0.4 is 19.1 Å². The van der Waals surface area contributed by atoms with Crippen LogP contribution in [0, 0.1) is 13.8 Å². The van der Waals surface area contributed by atoms with E-state index in [1.165, 1.54) is 11.8 Å². The van der Waals surface area contributed by atoms with E-state index in [-0.39, 0.29) is 18.1 Å². The molecule has 2 aliphatic rings. The van der Waals surface area contributed by atoms with Gasteiger partial charge in [-0.3, -0.25) is 19.3 Å². The highest BCUT2D eigenvalue weighted by atomic mass is 16.7. The molecule has 0 aliphatic carbocycles. The molecule has 1 atom stereocenters. The van der Waals surface area contributed by atoms with Crippen molar-refractivity contribution >= 4 is 29.1 Å². The van der Waals surface area contributed by atoms with Crippen LogP contribution in [0.5, 0.6) is 17.2 Å². The molecule has 3 aromatic rings. The topological polar surface area (TPSA) is 102 Å². The molecule has 182 valence electrons. The predicted molar refractivity (Wildman–Crippen MR) is 131 cm³/mol. The number of amides is 1. The minimum atomic E-state index is -0.913. The molecule has 36 heavy (non-hydrogen) atoms. The minimum Gasteiger partial charge on any atom is -0.507 e. The lowest BCUT2D eigenvalue weighted by molar-refractivity contribution is -0.132. The van der Waals surface area contributed by atoms with Crippen molar-refractivity contribution in [3.8, 4) is 17.2 Å². The Hall–Kier alpha value is -4.59. The zero-order valence-electron chi connectivity index (χ0n) is 19.9. The van der Waals surface area contributed by atoms with E-state index in [9.17, 15) is 19.5 Å². The van der Waals surface area contributed by atoms with Gasteiger partial charge in [0, 0.05) is 18.2 Å². The quantitative estimate of drug-likeness (QED) is 0.190. The first-order valence-corrected chi connectivity index (χ1v) is 11.3. The van der Waals surface area contributed by atoms with Crippen LogP contribution in [0.25, 0.3) is 5.76 Å². The molecule has 5 rings (SSSR count). The summed E-state index contributed by atoms with van der Waals surface area (Å²) in [4.78, 5) is 39.4. The second kappa shape index (κ2) is 8.88. The summed E-state index contributed by atoms with van der Waals surface area (Å²) in [6, 6.07) is 15.9. The van der Waals surface area contributed by atoms with Gasteiger partial charge in [0.25, 0.3) is 11.7 Å². The number of benzene rings is 3. The number of ketones is 1. The van der Waals surface area contributed by atoms with Crippen molar-refractivity contribution in [1.82, 2.24) is 0 Å². The molecular formula is C28H23NO7. The molecule has 0 radical (unpaired) electrons. The second-order valence-electron chi connectivity index (χ2n) is 8.67. The van der Waals surface area contributed by atoms with Crippen molar-refractivity contribution in [2.45, 2.75) is 26.8 Å². The number of Topliss-reactive ketones (excluding diaryl/α,β-unsaturated/α-hetero) is 1. The Bertz CT molecular complexity index is 1440. The number of nitrogens with zero attached hydrogens (tertiary/aromatic N) is 1. The largest absolute Gasteiger partial charge is 0.507 e. The molecule has 8 nitrogen and oxygen atoms in total. The van der Waals surface area contributed by atoms with Gasteiger partial charge in [-0.2, -0.15) is 0 Å². The Labute approximate surface area is 207 Å². The van der Waals surface area contributed by atoms with Crippen LogP contribution in [0.1, 0.15) is 35.2 Å². The van der Waals surface area contributed by atoms with Crippen LogP contribution in [0.2, 0.25) is 0 Å². The van der Waals surface area contributed by atoms with Crippen LogP contribution in [-0.4, -0.2) is 29.6 Å².